The first kappa shape index (κ1) is 12.9. The zero-order valence-corrected chi connectivity index (χ0v) is 11.6. The van der Waals surface area contributed by atoms with E-state index in [1.165, 1.54) is 4.68 Å². The normalized spacial score (nSPS) is 10.7. The number of carbonyl (C=O) groups is 1. The summed E-state index contributed by atoms with van der Waals surface area (Å²) in [5.41, 5.74) is 1.81. The van der Waals surface area contributed by atoms with Crippen LogP contribution >= 0.6 is 23.2 Å². The zero-order valence-electron chi connectivity index (χ0n) is 10.0. The summed E-state index contributed by atoms with van der Waals surface area (Å²) >= 11 is 11.7. The Morgan fingerprint density at radius 1 is 1.10 bits per heavy atom. The van der Waals surface area contributed by atoms with Gasteiger partial charge >= 0.3 is 6.03 Å². The van der Waals surface area contributed by atoms with Crippen molar-refractivity contribution in [3.05, 3.63) is 52.5 Å². The summed E-state index contributed by atoms with van der Waals surface area (Å²) in [4.78, 5) is 12.2. The van der Waals surface area contributed by atoms with Crippen LogP contribution in [-0.4, -0.2) is 21.0 Å². The number of fused-ring (bicyclic) bond motifs is 1. The predicted molar refractivity (Wildman–Crippen MR) is 78.4 cm³/mol. The van der Waals surface area contributed by atoms with E-state index in [0.717, 1.165) is 0 Å². The number of anilines is 1. The Labute approximate surface area is 124 Å². The van der Waals surface area contributed by atoms with E-state index in [4.69, 9.17) is 23.2 Å². The molecule has 5 nitrogen and oxygen atoms in total. The van der Waals surface area contributed by atoms with Crippen molar-refractivity contribution in [1.82, 2.24) is 15.0 Å². The van der Waals surface area contributed by atoms with Gasteiger partial charge in [-0.05, 0) is 30.3 Å². The number of halogens is 2. The standard InChI is InChI=1S/C13H8Cl2N4O/c14-9-6-5-8(7-10(9)15)16-13(20)19-12-4-2-1-3-11(12)17-18-19/h1-7H,(H,16,20). The van der Waals surface area contributed by atoms with Crippen LogP contribution in [-0.2, 0) is 0 Å². The molecule has 0 unspecified atom stereocenters. The summed E-state index contributed by atoms with van der Waals surface area (Å²) in [7, 11) is 0. The zero-order chi connectivity index (χ0) is 14.1. The maximum Gasteiger partial charge on any atom is 0.348 e. The molecule has 0 saturated carbocycles. The molecular weight excluding hydrogens is 299 g/mol. The summed E-state index contributed by atoms with van der Waals surface area (Å²) in [6.45, 7) is 0. The van der Waals surface area contributed by atoms with E-state index in [9.17, 15) is 4.79 Å². The highest BCUT2D eigenvalue weighted by molar-refractivity contribution is 6.42. The molecular formula is C13H8Cl2N4O. The third-order valence-electron chi connectivity index (χ3n) is 2.72. The monoisotopic (exact) mass is 306 g/mol. The predicted octanol–water partition coefficient (Wildman–Crippen LogP) is 3.82. The average molecular weight is 307 g/mol. The smallest absolute Gasteiger partial charge is 0.306 e. The second kappa shape index (κ2) is 5.11. The van der Waals surface area contributed by atoms with E-state index in [1.54, 1.807) is 30.3 Å². The number of amides is 1. The van der Waals surface area contributed by atoms with Gasteiger partial charge in [0, 0.05) is 5.69 Å². The molecule has 0 saturated heterocycles. The van der Waals surface area contributed by atoms with E-state index in [1.807, 2.05) is 12.1 Å². The van der Waals surface area contributed by atoms with Gasteiger partial charge < -0.3 is 5.32 Å². The van der Waals surface area contributed by atoms with Gasteiger partial charge in [0.15, 0.2) is 0 Å². The Kier molecular flexibility index (Phi) is 3.30. The van der Waals surface area contributed by atoms with Crippen molar-refractivity contribution in [2.45, 2.75) is 0 Å². The van der Waals surface area contributed by atoms with Crippen LogP contribution in [0.2, 0.25) is 10.0 Å². The van der Waals surface area contributed by atoms with Gasteiger partial charge in [-0.1, -0.05) is 40.5 Å². The van der Waals surface area contributed by atoms with Gasteiger partial charge in [-0.2, -0.15) is 4.68 Å². The lowest BCUT2D eigenvalue weighted by Gasteiger charge is -2.06. The molecule has 0 aliphatic rings. The van der Waals surface area contributed by atoms with Gasteiger partial charge in [0.1, 0.15) is 5.52 Å². The van der Waals surface area contributed by atoms with E-state index in [-0.39, 0.29) is 0 Å². The molecule has 20 heavy (non-hydrogen) atoms. The molecule has 0 aliphatic heterocycles. The highest BCUT2D eigenvalue weighted by Crippen LogP contribution is 2.25. The number of para-hydroxylation sites is 1. The number of carbonyl (C=O) groups excluding carboxylic acids is 1. The van der Waals surface area contributed by atoms with Crippen LogP contribution in [0.25, 0.3) is 11.0 Å². The fourth-order valence-corrected chi connectivity index (χ4v) is 2.07. The molecule has 100 valence electrons. The minimum atomic E-state index is -0.419. The first-order valence-electron chi connectivity index (χ1n) is 5.72. The van der Waals surface area contributed by atoms with Gasteiger partial charge in [0.2, 0.25) is 0 Å². The molecule has 0 aliphatic carbocycles. The number of nitrogens with zero attached hydrogens (tertiary/aromatic N) is 3. The molecule has 3 aromatic rings. The Bertz CT molecular complexity index is 800. The summed E-state index contributed by atoms with van der Waals surface area (Å²) < 4.78 is 1.19. The minimum absolute atomic E-state index is 0.368. The van der Waals surface area contributed by atoms with E-state index < -0.39 is 6.03 Å². The molecule has 0 radical (unpaired) electrons. The van der Waals surface area contributed by atoms with Gasteiger partial charge in [-0.3, -0.25) is 0 Å². The van der Waals surface area contributed by atoms with Crippen molar-refractivity contribution in [3.63, 3.8) is 0 Å². The number of rotatable bonds is 1. The van der Waals surface area contributed by atoms with Crippen molar-refractivity contribution >= 4 is 46.0 Å². The lowest BCUT2D eigenvalue weighted by Crippen LogP contribution is -2.20. The maximum absolute atomic E-state index is 12.2. The van der Waals surface area contributed by atoms with Gasteiger partial charge in [-0.25, -0.2) is 4.79 Å². The molecule has 1 amide bonds. The van der Waals surface area contributed by atoms with Crippen LogP contribution in [0.5, 0.6) is 0 Å². The largest absolute Gasteiger partial charge is 0.348 e. The lowest BCUT2D eigenvalue weighted by molar-refractivity contribution is 0.251. The molecule has 1 aromatic heterocycles. The van der Waals surface area contributed by atoms with Crippen molar-refractivity contribution in [2.24, 2.45) is 0 Å². The highest BCUT2D eigenvalue weighted by Gasteiger charge is 2.12. The number of hydrogen-bond donors (Lipinski definition) is 1. The van der Waals surface area contributed by atoms with Crippen LogP contribution in [0, 0.1) is 0 Å². The highest BCUT2D eigenvalue weighted by atomic mass is 35.5. The number of hydrogen-bond acceptors (Lipinski definition) is 3. The SMILES string of the molecule is O=C(Nc1ccc(Cl)c(Cl)c1)n1nnc2ccccc21. The van der Waals surface area contributed by atoms with E-state index >= 15 is 0 Å². The Hall–Kier alpha value is -2.11. The number of aromatic nitrogens is 3. The maximum atomic E-state index is 12.2. The topological polar surface area (TPSA) is 59.8 Å². The Morgan fingerprint density at radius 2 is 1.90 bits per heavy atom. The first-order valence-corrected chi connectivity index (χ1v) is 6.47. The van der Waals surface area contributed by atoms with Crippen LogP contribution in [0.15, 0.2) is 42.5 Å². The second-order valence-corrected chi connectivity index (χ2v) is 4.86. The molecule has 0 fully saturated rings. The van der Waals surface area contributed by atoms with Crippen molar-refractivity contribution in [1.29, 1.82) is 0 Å². The molecule has 3 rings (SSSR count). The Balaban J connectivity index is 1.91. The van der Waals surface area contributed by atoms with Crippen LogP contribution in [0.1, 0.15) is 0 Å². The van der Waals surface area contributed by atoms with Gasteiger partial charge in [-0.15, -0.1) is 5.10 Å². The molecule has 0 bridgehead atoms. The van der Waals surface area contributed by atoms with E-state index in [0.29, 0.717) is 26.8 Å². The Morgan fingerprint density at radius 3 is 2.70 bits per heavy atom. The average Bonchev–Trinajstić information content (AvgIpc) is 2.87. The van der Waals surface area contributed by atoms with Crippen molar-refractivity contribution in [3.8, 4) is 0 Å². The van der Waals surface area contributed by atoms with Crippen LogP contribution < -0.4 is 5.32 Å². The summed E-state index contributed by atoms with van der Waals surface area (Å²) in [6, 6.07) is 11.6. The van der Waals surface area contributed by atoms with Crippen LogP contribution in [0.3, 0.4) is 0 Å². The fourth-order valence-electron chi connectivity index (χ4n) is 1.77. The quantitative estimate of drug-likeness (QED) is 0.743. The van der Waals surface area contributed by atoms with Gasteiger partial charge in [0.05, 0.1) is 15.6 Å². The molecule has 1 heterocycles. The van der Waals surface area contributed by atoms with Crippen molar-refractivity contribution < 1.29 is 4.79 Å². The summed E-state index contributed by atoms with van der Waals surface area (Å²) in [5.74, 6) is 0. The third kappa shape index (κ3) is 2.33. The molecule has 0 atom stereocenters. The van der Waals surface area contributed by atoms with Gasteiger partial charge in [0.25, 0.3) is 0 Å². The molecule has 2 aromatic carbocycles. The summed E-state index contributed by atoms with van der Waals surface area (Å²) in [6.07, 6.45) is 0. The number of benzene rings is 2. The second-order valence-electron chi connectivity index (χ2n) is 4.05. The summed E-state index contributed by atoms with van der Waals surface area (Å²) in [5, 5.41) is 11.2. The molecule has 7 heteroatoms. The third-order valence-corrected chi connectivity index (χ3v) is 3.45. The first-order chi connectivity index (χ1) is 9.65. The van der Waals surface area contributed by atoms with Crippen molar-refractivity contribution in [2.75, 3.05) is 5.32 Å². The number of nitrogens with one attached hydrogen (secondary N) is 1. The molecule has 1 N–H and O–H groups in total. The fraction of sp³-hybridized carbons (Fsp3) is 0. The lowest BCUT2D eigenvalue weighted by atomic mass is 10.3. The minimum Gasteiger partial charge on any atom is -0.306 e. The molecule has 0 spiro atoms. The van der Waals surface area contributed by atoms with E-state index in [2.05, 4.69) is 15.6 Å². The van der Waals surface area contributed by atoms with Crippen LogP contribution in [0.4, 0.5) is 10.5 Å².